The van der Waals surface area contributed by atoms with E-state index in [2.05, 4.69) is 6.92 Å². The van der Waals surface area contributed by atoms with Crippen molar-refractivity contribution in [1.29, 1.82) is 0 Å². The van der Waals surface area contributed by atoms with Gasteiger partial charge in [-0.2, -0.15) is 0 Å². The Labute approximate surface area is 79.4 Å². The fourth-order valence-electron chi connectivity index (χ4n) is 2.12. The molecule has 0 aromatic rings. The highest BCUT2D eigenvalue weighted by Gasteiger charge is 2.46. The Morgan fingerprint density at radius 2 is 1.85 bits per heavy atom. The lowest BCUT2D eigenvalue weighted by atomic mass is 10.0. The van der Waals surface area contributed by atoms with Crippen molar-refractivity contribution in [2.45, 2.75) is 45.2 Å². The van der Waals surface area contributed by atoms with E-state index in [1.807, 2.05) is 13.8 Å². The second-order valence-electron chi connectivity index (χ2n) is 4.30. The molecule has 0 saturated carbocycles. The first-order chi connectivity index (χ1) is 6.18. The summed E-state index contributed by atoms with van der Waals surface area (Å²) in [6, 6.07) is 0. The van der Waals surface area contributed by atoms with Crippen LogP contribution in [0.2, 0.25) is 0 Å². The van der Waals surface area contributed by atoms with Gasteiger partial charge in [-0.1, -0.05) is 6.92 Å². The van der Waals surface area contributed by atoms with Crippen molar-refractivity contribution >= 4 is 0 Å². The number of ether oxygens (including phenoxy) is 3. The van der Waals surface area contributed by atoms with Gasteiger partial charge in [0.05, 0.1) is 25.4 Å². The highest BCUT2D eigenvalue weighted by molar-refractivity contribution is 4.93. The third-order valence-corrected chi connectivity index (χ3v) is 2.70. The van der Waals surface area contributed by atoms with Crippen LogP contribution in [0.1, 0.15) is 20.8 Å². The van der Waals surface area contributed by atoms with E-state index < -0.39 is 0 Å². The second kappa shape index (κ2) is 3.56. The molecule has 3 nitrogen and oxygen atoms in total. The molecule has 0 spiro atoms. The van der Waals surface area contributed by atoms with Gasteiger partial charge in [0, 0.05) is 5.92 Å². The Balaban J connectivity index is 1.94. The largest absolute Gasteiger partial charge is 0.372 e. The smallest absolute Gasteiger partial charge is 0.112 e. The lowest BCUT2D eigenvalue weighted by Crippen LogP contribution is -2.32. The molecule has 4 atom stereocenters. The van der Waals surface area contributed by atoms with Crippen LogP contribution in [0.4, 0.5) is 0 Å². The first-order valence-electron chi connectivity index (χ1n) is 5.07. The number of hydrogen-bond acceptors (Lipinski definition) is 3. The summed E-state index contributed by atoms with van der Waals surface area (Å²) < 4.78 is 17.0. The minimum Gasteiger partial charge on any atom is -0.372 e. The monoisotopic (exact) mass is 186 g/mol. The summed E-state index contributed by atoms with van der Waals surface area (Å²) in [6.07, 6.45) is 0.850. The Hall–Kier alpha value is -0.120. The Kier molecular flexibility index (Phi) is 2.58. The summed E-state index contributed by atoms with van der Waals surface area (Å²) in [6.45, 7) is 7.77. The highest BCUT2D eigenvalue weighted by atomic mass is 16.6. The van der Waals surface area contributed by atoms with Crippen molar-refractivity contribution in [2.24, 2.45) is 5.92 Å². The lowest BCUT2D eigenvalue weighted by molar-refractivity contribution is -0.0579. The molecule has 0 aromatic heterocycles. The quantitative estimate of drug-likeness (QED) is 0.649. The molecule has 13 heavy (non-hydrogen) atoms. The average molecular weight is 186 g/mol. The van der Waals surface area contributed by atoms with Gasteiger partial charge in [-0.15, -0.1) is 0 Å². The summed E-state index contributed by atoms with van der Waals surface area (Å²) in [4.78, 5) is 0. The first-order valence-corrected chi connectivity index (χ1v) is 5.07. The molecular formula is C10H18O3. The topological polar surface area (TPSA) is 27.7 Å². The van der Waals surface area contributed by atoms with Gasteiger partial charge in [0.15, 0.2) is 0 Å². The van der Waals surface area contributed by atoms with Crippen molar-refractivity contribution in [3.05, 3.63) is 0 Å². The van der Waals surface area contributed by atoms with Crippen LogP contribution in [-0.4, -0.2) is 37.6 Å². The zero-order chi connectivity index (χ0) is 9.42. The predicted octanol–water partition coefficient (Wildman–Crippen LogP) is 1.21. The fourth-order valence-corrected chi connectivity index (χ4v) is 2.12. The van der Waals surface area contributed by atoms with Crippen LogP contribution in [0.5, 0.6) is 0 Å². The van der Waals surface area contributed by atoms with Gasteiger partial charge in [-0.05, 0) is 13.8 Å². The molecule has 2 saturated heterocycles. The van der Waals surface area contributed by atoms with Crippen LogP contribution in [-0.2, 0) is 14.2 Å². The van der Waals surface area contributed by atoms with Crippen molar-refractivity contribution in [3.63, 3.8) is 0 Å². The molecule has 0 N–H and O–H groups in total. The van der Waals surface area contributed by atoms with Crippen LogP contribution in [0.25, 0.3) is 0 Å². The van der Waals surface area contributed by atoms with Gasteiger partial charge in [-0.25, -0.2) is 0 Å². The maximum Gasteiger partial charge on any atom is 0.112 e. The second-order valence-corrected chi connectivity index (χ2v) is 4.30. The van der Waals surface area contributed by atoms with Gasteiger partial charge >= 0.3 is 0 Å². The third kappa shape index (κ3) is 1.73. The van der Waals surface area contributed by atoms with Gasteiger partial charge in [0.1, 0.15) is 12.2 Å². The fraction of sp³-hybridized carbons (Fsp3) is 1.00. The highest BCUT2D eigenvalue weighted by Crippen LogP contribution is 2.32. The Bertz CT molecular complexity index is 181. The minimum atomic E-state index is 0.148. The molecule has 0 radical (unpaired) electrons. The van der Waals surface area contributed by atoms with Gasteiger partial charge < -0.3 is 14.2 Å². The lowest BCUT2D eigenvalue weighted by Gasteiger charge is -2.18. The van der Waals surface area contributed by atoms with E-state index in [-0.39, 0.29) is 24.4 Å². The zero-order valence-electron chi connectivity index (χ0n) is 8.53. The van der Waals surface area contributed by atoms with Crippen molar-refractivity contribution in [1.82, 2.24) is 0 Å². The predicted molar refractivity (Wildman–Crippen MR) is 48.7 cm³/mol. The van der Waals surface area contributed by atoms with Crippen LogP contribution >= 0.6 is 0 Å². The molecule has 0 aromatic carbocycles. The van der Waals surface area contributed by atoms with E-state index in [0.717, 1.165) is 6.61 Å². The van der Waals surface area contributed by atoms with E-state index in [9.17, 15) is 0 Å². The molecule has 0 unspecified atom stereocenters. The molecule has 76 valence electrons. The minimum absolute atomic E-state index is 0.148. The summed E-state index contributed by atoms with van der Waals surface area (Å²) >= 11 is 0. The molecule has 0 amide bonds. The Morgan fingerprint density at radius 3 is 2.54 bits per heavy atom. The number of hydrogen-bond donors (Lipinski definition) is 0. The van der Waals surface area contributed by atoms with Gasteiger partial charge in [0.25, 0.3) is 0 Å². The standard InChI is InChI=1S/C10H18O3/c1-6(2)13-8-5-12-9-7(3)4-11-10(8)9/h6-10H,4-5H2,1-3H3/t7-,8-,9+,10+/m0/s1. The molecule has 2 aliphatic heterocycles. The Morgan fingerprint density at radius 1 is 1.15 bits per heavy atom. The molecular weight excluding hydrogens is 168 g/mol. The van der Waals surface area contributed by atoms with Crippen LogP contribution in [0, 0.1) is 5.92 Å². The summed E-state index contributed by atoms with van der Waals surface area (Å²) in [5.41, 5.74) is 0. The van der Waals surface area contributed by atoms with E-state index in [0.29, 0.717) is 12.5 Å². The zero-order valence-corrected chi connectivity index (χ0v) is 8.53. The molecule has 0 aliphatic carbocycles. The van der Waals surface area contributed by atoms with Crippen LogP contribution in [0.3, 0.4) is 0 Å². The maximum atomic E-state index is 5.72. The molecule has 2 fully saturated rings. The van der Waals surface area contributed by atoms with E-state index >= 15 is 0 Å². The van der Waals surface area contributed by atoms with Crippen molar-refractivity contribution in [3.8, 4) is 0 Å². The van der Waals surface area contributed by atoms with E-state index in [1.165, 1.54) is 0 Å². The molecule has 3 heteroatoms. The van der Waals surface area contributed by atoms with Gasteiger partial charge in [0.2, 0.25) is 0 Å². The summed E-state index contributed by atoms with van der Waals surface area (Å²) in [7, 11) is 0. The average Bonchev–Trinajstić information content (AvgIpc) is 2.56. The van der Waals surface area contributed by atoms with Crippen molar-refractivity contribution < 1.29 is 14.2 Å². The molecule has 2 aliphatic rings. The molecule has 0 bridgehead atoms. The van der Waals surface area contributed by atoms with E-state index in [4.69, 9.17) is 14.2 Å². The first kappa shape index (κ1) is 9.44. The summed E-state index contributed by atoms with van der Waals surface area (Å²) in [5.74, 6) is 0.519. The van der Waals surface area contributed by atoms with E-state index in [1.54, 1.807) is 0 Å². The maximum absolute atomic E-state index is 5.72. The SMILES string of the molecule is CC(C)O[C@H]1CO[C@H]2[C@@H]1OC[C@@H]2C. The number of fused-ring (bicyclic) bond motifs is 1. The normalized spacial score (nSPS) is 44.3. The van der Waals surface area contributed by atoms with Gasteiger partial charge in [-0.3, -0.25) is 0 Å². The number of rotatable bonds is 2. The van der Waals surface area contributed by atoms with Crippen molar-refractivity contribution in [2.75, 3.05) is 13.2 Å². The van der Waals surface area contributed by atoms with Crippen LogP contribution < -0.4 is 0 Å². The van der Waals surface area contributed by atoms with Crippen LogP contribution in [0.15, 0.2) is 0 Å². The third-order valence-electron chi connectivity index (χ3n) is 2.70. The molecule has 2 rings (SSSR count). The summed E-state index contributed by atoms with van der Waals surface area (Å²) in [5, 5.41) is 0. The molecule has 2 heterocycles.